The fourth-order valence-electron chi connectivity index (χ4n) is 2.23. The molecule has 0 aliphatic heterocycles. The number of aliphatic hydroxyl groups is 1. The Kier molecular flexibility index (Phi) is 6.75. The number of carbonyl (C=O) groups is 1. The van der Waals surface area contributed by atoms with Crippen molar-refractivity contribution in [3.8, 4) is 6.07 Å². The zero-order chi connectivity index (χ0) is 15.0. The summed E-state index contributed by atoms with van der Waals surface area (Å²) in [5.41, 5.74) is 1.75. The number of rotatable bonds is 7. The molecule has 0 spiro atoms. The molecule has 0 amide bonds. The highest BCUT2D eigenvalue weighted by Gasteiger charge is 2.25. The van der Waals surface area contributed by atoms with E-state index in [1.54, 1.807) is 6.92 Å². The molecule has 1 aromatic carbocycles. The van der Waals surface area contributed by atoms with E-state index in [0.717, 1.165) is 11.1 Å². The number of ether oxygens (including phenoxy) is 1. The quantitative estimate of drug-likeness (QED) is 0.777. The van der Waals surface area contributed by atoms with Crippen molar-refractivity contribution >= 4 is 5.97 Å². The number of carbonyl (C=O) groups excluding carboxylic acids is 1. The first-order chi connectivity index (χ1) is 9.65. The van der Waals surface area contributed by atoms with Gasteiger partial charge in [-0.1, -0.05) is 31.2 Å². The Morgan fingerprint density at radius 2 is 2.00 bits per heavy atom. The van der Waals surface area contributed by atoms with E-state index in [9.17, 15) is 10.1 Å². The minimum absolute atomic E-state index is 0.0156. The fourth-order valence-corrected chi connectivity index (χ4v) is 2.23. The summed E-state index contributed by atoms with van der Waals surface area (Å²) in [6, 6.07) is 9.64. The molecular weight excluding hydrogens is 254 g/mol. The number of benzene rings is 1. The number of nitrogens with zero attached hydrogens (tertiary/aromatic N) is 1. The molecule has 0 aromatic heterocycles. The van der Waals surface area contributed by atoms with Gasteiger partial charge in [-0.2, -0.15) is 5.26 Å². The van der Waals surface area contributed by atoms with E-state index in [-0.39, 0.29) is 30.8 Å². The van der Waals surface area contributed by atoms with Crippen LogP contribution in [0.4, 0.5) is 0 Å². The van der Waals surface area contributed by atoms with Crippen molar-refractivity contribution in [3.05, 3.63) is 35.4 Å². The highest BCUT2D eigenvalue weighted by molar-refractivity contribution is 5.70. The van der Waals surface area contributed by atoms with Gasteiger partial charge in [-0.3, -0.25) is 4.79 Å². The molecule has 0 heterocycles. The first kappa shape index (κ1) is 16.2. The van der Waals surface area contributed by atoms with Gasteiger partial charge in [-0.05, 0) is 24.5 Å². The summed E-state index contributed by atoms with van der Waals surface area (Å²) in [6.07, 6.45) is 0.890. The molecule has 0 radical (unpaired) electrons. The van der Waals surface area contributed by atoms with Crippen LogP contribution in [0.2, 0.25) is 0 Å². The van der Waals surface area contributed by atoms with Crippen LogP contribution in [-0.2, 0) is 16.1 Å². The SMILES string of the molecule is CCOC(=O)CC(c1ccc(CO)cc1)C(C#N)CC. The van der Waals surface area contributed by atoms with Crippen molar-refractivity contribution in [3.63, 3.8) is 0 Å². The minimum atomic E-state index is -0.280. The van der Waals surface area contributed by atoms with Crippen molar-refractivity contribution in [1.82, 2.24) is 0 Å². The molecule has 1 rings (SSSR count). The summed E-state index contributed by atoms with van der Waals surface area (Å²) in [5.74, 6) is -0.673. The molecule has 2 atom stereocenters. The summed E-state index contributed by atoms with van der Waals surface area (Å²) in [5, 5.41) is 18.3. The van der Waals surface area contributed by atoms with Gasteiger partial charge in [-0.25, -0.2) is 0 Å². The van der Waals surface area contributed by atoms with Gasteiger partial charge in [-0.15, -0.1) is 0 Å². The van der Waals surface area contributed by atoms with Gasteiger partial charge in [0.05, 0.1) is 31.6 Å². The Morgan fingerprint density at radius 1 is 1.35 bits per heavy atom. The van der Waals surface area contributed by atoms with Crippen molar-refractivity contribution in [1.29, 1.82) is 5.26 Å². The molecule has 0 aliphatic rings. The third-order valence-electron chi connectivity index (χ3n) is 3.37. The lowest BCUT2D eigenvalue weighted by Crippen LogP contribution is -2.17. The smallest absolute Gasteiger partial charge is 0.306 e. The molecule has 0 bridgehead atoms. The number of hydrogen-bond acceptors (Lipinski definition) is 4. The minimum Gasteiger partial charge on any atom is -0.466 e. The van der Waals surface area contributed by atoms with E-state index in [1.807, 2.05) is 31.2 Å². The lowest BCUT2D eigenvalue weighted by molar-refractivity contribution is -0.143. The second-order valence-corrected chi connectivity index (χ2v) is 4.66. The average Bonchev–Trinajstić information content (AvgIpc) is 2.48. The second kappa shape index (κ2) is 8.34. The van der Waals surface area contributed by atoms with Gasteiger partial charge in [0.25, 0.3) is 0 Å². The average molecular weight is 275 g/mol. The molecule has 1 N–H and O–H groups in total. The summed E-state index contributed by atoms with van der Waals surface area (Å²) in [7, 11) is 0. The largest absolute Gasteiger partial charge is 0.466 e. The van der Waals surface area contributed by atoms with E-state index in [2.05, 4.69) is 6.07 Å². The monoisotopic (exact) mass is 275 g/mol. The molecule has 0 fully saturated rings. The van der Waals surface area contributed by atoms with Crippen molar-refractivity contribution in [2.45, 2.75) is 39.2 Å². The van der Waals surface area contributed by atoms with Gasteiger partial charge < -0.3 is 9.84 Å². The first-order valence-corrected chi connectivity index (χ1v) is 6.91. The van der Waals surface area contributed by atoms with E-state index < -0.39 is 0 Å². The van der Waals surface area contributed by atoms with Crippen LogP contribution in [0.5, 0.6) is 0 Å². The molecule has 0 saturated heterocycles. The highest BCUT2D eigenvalue weighted by Crippen LogP contribution is 2.30. The molecule has 0 saturated carbocycles. The number of esters is 1. The lowest BCUT2D eigenvalue weighted by Gasteiger charge is -2.21. The molecule has 4 nitrogen and oxygen atoms in total. The van der Waals surface area contributed by atoms with Gasteiger partial charge in [0.1, 0.15) is 0 Å². The summed E-state index contributed by atoms with van der Waals surface area (Å²) >= 11 is 0. The maximum absolute atomic E-state index is 11.7. The van der Waals surface area contributed by atoms with Crippen LogP contribution in [0.15, 0.2) is 24.3 Å². The van der Waals surface area contributed by atoms with Gasteiger partial charge in [0, 0.05) is 5.92 Å². The molecule has 2 unspecified atom stereocenters. The van der Waals surface area contributed by atoms with E-state index in [1.165, 1.54) is 0 Å². The third kappa shape index (κ3) is 4.36. The topological polar surface area (TPSA) is 70.3 Å². The Bertz CT molecular complexity index is 462. The zero-order valence-electron chi connectivity index (χ0n) is 12.0. The third-order valence-corrected chi connectivity index (χ3v) is 3.37. The summed E-state index contributed by atoms with van der Waals surface area (Å²) < 4.78 is 4.99. The van der Waals surface area contributed by atoms with Crippen molar-refractivity contribution in [2.75, 3.05) is 6.61 Å². The summed E-state index contributed by atoms with van der Waals surface area (Å²) in [4.78, 5) is 11.7. The Hall–Kier alpha value is -1.86. The first-order valence-electron chi connectivity index (χ1n) is 6.91. The number of hydrogen-bond donors (Lipinski definition) is 1. The number of nitriles is 1. The van der Waals surface area contributed by atoms with Gasteiger partial charge >= 0.3 is 5.97 Å². The van der Waals surface area contributed by atoms with Crippen LogP contribution in [0, 0.1) is 17.2 Å². The van der Waals surface area contributed by atoms with Crippen LogP contribution >= 0.6 is 0 Å². The predicted molar refractivity (Wildman–Crippen MR) is 75.7 cm³/mol. The molecular formula is C16H21NO3. The standard InChI is InChI=1S/C16H21NO3/c1-3-13(10-17)15(9-16(19)20-4-2)14-7-5-12(11-18)6-8-14/h5-8,13,15,18H,3-4,9,11H2,1-2H3. The maximum Gasteiger partial charge on any atom is 0.306 e. The van der Waals surface area contributed by atoms with Crippen molar-refractivity contribution < 1.29 is 14.6 Å². The van der Waals surface area contributed by atoms with Gasteiger partial charge in [0.2, 0.25) is 0 Å². The normalized spacial score (nSPS) is 13.3. The van der Waals surface area contributed by atoms with Crippen LogP contribution in [0.3, 0.4) is 0 Å². The van der Waals surface area contributed by atoms with Crippen LogP contribution in [0.25, 0.3) is 0 Å². The Labute approximate surface area is 120 Å². The summed E-state index contributed by atoms with van der Waals surface area (Å²) in [6.45, 7) is 4.04. The molecule has 108 valence electrons. The Morgan fingerprint density at radius 3 is 2.45 bits per heavy atom. The molecule has 4 heteroatoms. The highest BCUT2D eigenvalue weighted by atomic mass is 16.5. The predicted octanol–water partition coefficient (Wildman–Crippen LogP) is 2.77. The van der Waals surface area contributed by atoms with Crippen molar-refractivity contribution in [2.24, 2.45) is 5.92 Å². The van der Waals surface area contributed by atoms with Crippen LogP contribution in [0.1, 0.15) is 43.7 Å². The van der Waals surface area contributed by atoms with E-state index in [4.69, 9.17) is 9.84 Å². The lowest BCUT2D eigenvalue weighted by atomic mass is 9.82. The number of aliphatic hydroxyl groups excluding tert-OH is 1. The molecule has 1 aromatic rings. The van der Waals surface area contributed by atoms with Crippen LogP contribution < -0.4 is 0 Å². The van der Waals surface area contributed by atoms with Gasteiger partial charge in [0.15, 0.2) is 0 Å². The zero-order valence-corrected chi connectivity index (χ0v) is 12.0. The Balaban J connectivity index is 2.96. The fraction of sp³-hybridized carbons (Fsp3) is 0.500. The molecule has 0 aliphatic carbocycles. The molecule has 20 heavy (non-hydrogen) atoms. The van der Waals surface area contributed by atoms with E-state index >= 15 is 0 Å². The maximum atomic E-state index is 11.7. The van der Waals surface area contributed by atoms with Crippen LogP contribution in [-0.4, -0.2) is 17.7 Å². The second-order valence-electron chi connectivity index (χ2n) is 4.66. The van der Waals surface area contributed by atoms with E-state index in [0.29, 0.717) is 13.0 Å².